The van der Waals surface area contributed by atoms with Crippen LogP contribution in [0.15, 0.2) is 285 Å². The molecule has 0 N–H and O–H groups in total. The molecule has 1 aliphatic rings. The zero-order valence-corrected chi connectivity index (χ0v) is 44.9. The molecule has 13 aromatic carbocycles. The first-order valence-electron chi connectivity index (χ1n) is 28.0. The Labute approximate surface area is 472 Å². The minimum Gasteiger partial charge on any atom is -0.332 e. The van der Waals surface area contributed by atoms with E-state index in [-0.39, 0.29) is 6.04 Å². The number of para-hydroxylation sites is 4. The highest BCUT2D eigenvalue weighted by molar-refractivity contribution is 7.27. The van der Waals surface area contributed by atoms with Crippen LogP contribution in [0.5, 0.6) is 0 Å². The van der Waals surface area contributed by atoms with Gasteiger partial charge in [0.25, 0.3) is 0 Å². The summed E-state index contributed by atoms with van der Waals surface area (Å²) >= 11 is 1.96. The van der Waals surface area contributed by atoms with E-state index in [0.29, 0.717) is 0 Å². The molecule has 380 valence electrons. The van der Waals surface area contributed by atoms with E-state index >= 15 is 0 Å². The van der Waals surface area contributed by atoms with Gasteiger partial charge >= 0.3 is 0 Å². The van der Waals surface area contributed by atoms with E-state index in [1.807, 2.05) is 11.3 Å². The maximum Gasteiger partial charge on any atom is 0.0638 e. The zero-order chi connectivity index (χ0) is 53.1. The highest BCUT2D eigenvalue weighted by Gasteiger charge is 2.31. The van der Waals surface area contributed by atoms with Gasteiger partial charge in [0, 0.05) is 86.7 Å². The molecule has 0 saturated heterocycles. The number of thiophene rings is 1. The van der Waals surface area contributed by atoms with Crippen LogP contribution in [-0.2, 0) is 6.42 Å². The van der Waals surface area contributed by atoms with E-state index in [9.17, 15) is 0 Å². The SMILES string of the molecule is c1ccc(N(c2ccccc2)c2ccc3c(c2)c2c4sc5c(ccc6c5c5cc(N(c7ccccc7)c7ccccc7)ccc5n6C5Cc6ccccc6-c6ccccc65)c4ccc2n3-c2cc3ccccc3c3ccccc23)cc1. The highest BCUT2D eigenvalue weighted by Crippen LogP contribution is 2.52. The molecule has 81 heavy (non-hydrogen) atoms. The predicted molar refractivity (Wildman–Crippen MR) is 345 cm³/mol. The Hall–Kier alpha value is -10.2. The summed E-state index contributed by atoms with van der Waals surface area (Å²) in [5.41, 5.74) is 18.1. The lowest BCUT2D eigenvalue weighted by molar-refractivity contribution is 0.612. The minimum atomic E-state index is 0.0742. The van der Waals surface area contributed by atoms with Crippen LogP contribution < -0.4 is 9.80 Å². The fraction of sp³-hybridized carbons (Fsp3) is 0.0263. The third kappa shape index (κ3) is 7.02. The van der Waals surface area contributed by atoms with Crippen molar-refractivity contribution in [3.8, 4) is 16.8 Å². The molecule has 1 unspecified atom stereocenters. The lowest BCUT2D eigenvalue weighted by atomic mass is 9.82. The smallest absolute Gasteiger partial charge is 0.0638 e. The Bertz CT molecular complexity index is 5080. The van der Waals surface area contributed by atoms with Gasteiger partial charge in [-0.05, 0) is 148 Å². The van der Waals surface area contributed by atoms with Crippen molar-refractivity contribution in [2.24, 2.45) is 0 Å². The number of benzene rings is 13. The monoisotopic (exact) mass is 1050 g/mol. The Kier molecular flexibility index (Phi) is 10.3. The van der Waals surface area contributed by atoms with Gasteiger partial charge < -0.3 is 18.9 Å². The van der Waals surface area contributed by atoms with Gasteiger partial charge in [0.05, 0.1) is 28.3 Å². The van der Waals surface area contributed by atoms with Crippen LogP contribution in [0.25, 0.3) is 102 Å². The van der Waals surface area contributed by atoms with Gasteiger partial charge in [0.15, 0.2) is 0 Å². The van der Waals surface area contributed by atoms with Crippen molar-refractivity contribution < 1.29 is 0 Å². The molecule has 17 rings (SSSR count). The van der Waals surface area contributed by atoms with Crippen molar-refractivity contribution in [2.75, 3.05) is 9.80 Å². The molecule has 0 aliphatic heterocycles. The van der Waals surface area contributed by atoms with Crippen LogP contribution >= 0.6 is 11.3 Å². The molecule has 3 aromatic heterocycles. The molecule has 0 radical (unpaired) electrons. The number of hydrogen-bond donors (Lipinski definition) is 0. The summed E-state index contributed by atoms with van der Waals surface area (Å²) < 4.78 is 7.82. The van der Waals surface area contributed by atoms with Crippen LogP contribution in [0.1, 0.15) is 17.2 Å². The van der Waals surface area contributed by atoms with Gasteiger partial charge in [-0.3, -0.25) is 0 Å². The van der Waals surface area contributed by atoms with Crippen molar-refractivity contribution in [3.05, 3.63) is 296 Å². The van der Waals surface area contributed by atoms with E-state index in [1.54, 1.807) is 0 Å². The second-order valence-electron chi connectivity index (χ2n) is 21.5. The van der Waals surface area contributed by atoms with Gasteiger partial charge in [-0.2, -0.15) is 0 Å². The summed E-state index contributed by atoms with van der Waals surface area (Å²) in [7, 11) is 0. The fourth-order valence-electron chi connectivity index (χ4n) is 13.7. The van der Waals surface area contributed by atoms with Crippen molar-refractivity contribution >= 4 is 131 Å². The predicted octanol–water partition coefficient (Wildman–Crippen LogP) is 21.3. The number of rotatable bonds is 8. The number of hydrogen-bond acceptors (Lipinski definition) is 3. The topological polar surface area (TPSA) is 16.3 Å². The Morgan fingerprint density at radius 2 is 0.790 bits per heavy atom. The van der Waals surface area contributed by atoms with E-state index in [4.69, 9.17) is 0 Å². The highest BCUT2D eigenvalue weighted by atomic mass is 32.1. The molecule has 5 heteroatoms. The summed E-state index contributed by atoms with van der Waals surface area (Å²) in [4.78, 5) is 4.80. The van der Waals surface area contributed by atoms with E-state index in [1.165, 1.54) is 113 Å². The summed E-state index contributed by atoms with van der Waals surface area (Å²) in [6.45, 7) is 0. The van der Waals surface area contributed by atoms with Crippen molar-refractivity contribution in [3.63, 3.8) is 0 Å². The Morgan fingerprint density at radius 3 is 1.42 bits per heavy atom. The summed E-state index contributed by atoms with van der Waals surface area (Å²) in [5, 5.41) is 12.5. The van der Waals surface area contributed by atoms with Crippen LogP contribution in [-0.4, -0.2) is 9.13 Å². The molecule has 0 spiro atoms. The maximum atomic E-state index is 2.68. The van der Waals surface area contributed by atoms with Gasteiger partial charge in [-0.15, -0.1) is 11.3 Å². The number of nitrogens with zero attached hydrogens (tertiary/aromatic N) is 4. The first-order chi connectivity index (χ1) is 40.2. The standard InChI is InChI=1S/C76H50N4S/c1-5-23-51(24-6-1)77(52-25-7-2-8-26-52)55-37-41-67-65(47-55)73-69(79(67)71-45-49-21-13-15-31-57(49)59-33-17-19-35-61(59)71)43-39-63-64-40-44-70-74(76(64)81-75(63)73)66-48-56(78(53-27-9-3-10-28-53)54-29-11-4-12-30-54)38-42-68(66)80(70)72-46-50-22-14-16-32-58(50)60-34-18-20-36-62(60)72/h1-45,47-48,72H,46H2. The number of aromatic nitrogens is 2. The lowest BCUT2D eigenvalue weighted by Gasteiger charge is -2.30. The summed E-state index contributed by atoms with van der Waals surface area (Å²) in [6, 6.07) is 106. The quantitative estimate of drug-likeness (QED) is 0.141. The van der Waals surface area contributed by atoms with Crippen molar-refractivity contribution in [1.29, 1.82) is 0 Å². The molecule has 0 bridgehead atoms. The van der Waals surface area contributed by atoms with Crippen LogP contribution in [0, 0.1) is 0 Å². The van der Waals surface area contributed by atoms with E-state index in [2.05, 4.69) is 304 Å². The second kappa shape index (κ2) is 18.2. The van der Waals surface area contributed by atoms with Gasteiger partial charge in [-0.25, -0.2) is 0 Å². The average molecular weight is 1050 g/mol. The lowest BCUT2D eigenvalue weighted by Crippen LogP contribution is -2.18. The second-order valence-corrected chi connectivity index (χ2v) is 22.5. The Morgan fingerprint density at radius 1 is 0.321 bits per heavy atom. The third-order valence-electron chi connectivity index (χ3n) is 17.2. The van der Waals surface area contributed by atoms with E-state index < -0.39 is 0 Å². The minimum absolute atomic E-state index is 0.0742. The molecule has 3 heterocycles. The molecule has 1 aliphatic carbocycles. The van der Waals surface area contributed by atoms with Crippen LogP contribution in [0.4, 0.5) is 34.1 Å². The van der Waals surface area contributed by atoms with Gasteiger partial charge in [0.1, 0.15) is 0 Å². The molecule has 0 fully saturated rings. The van der Waals surface area contributed by atoms with Crippen LogP contribution in [0.2, 0.25) is 0 Å². The van der Waals surface area contributed by atoms with Crippen molar-refractivity contribution in [2.45, 2.75) is 12.5 Å². The number of fused-ring (bicyclic) bond motifs is 17. The van der Waals surface area contributed by atoms with Gasteiger partial charge in [-0.1, -0.05) is 182 Å². The Balaban J connectivity index is 0.988. The first-order valence-corrected chi connectivity index (χ1v) is 28.8. The zero-order valence-electron chi connectivity index (χ0n) is 44.1. The number of anilines is 6. The molecular weight excluding hydrogens is 1000 g/mol. The fourth-order valence-corrected chi connectivity index (χ4v) is 15.2. The molecule has 1 atom stereocenters. The largest absolute Gasteiger partial charge is 0.332 e. The average Bonchev–Trinajstić information content (AvgIpc) is 3.97. The third-order valence-corrected chi connectivity index (χ3v) is 18.4. The molecular formula is C76H50N4S. The van der Waals surface area contributed by atoms with Crippen LogP contribution in [0.3, 0.4) is 0 Å². The molecule has 16 aromatic rings. The molecule has 0 amide bonds. The van der Waals surface area contributed by atoms with Gasteiger partial charge in [0.2, 0.25) is 0 Å². The first kappa shape index (κ1) is 45.8. The normalized spacial score (nSPS) is 13.3. The van der Waals surface area contributed by atoms with Crippen molar-refractivity contribution in [1.82, 2.24) is 9.13 Å². The maximum absolute atomic E-state index is 2.68. The van der Waals surface area contributed by atoms with E-state index in [0.717, 1.165) is 40.5 Å². The molecule has 4 nitrogen and oxygen atoms in total. The summed E-state index contributed by atoms with van der Waals surface area (Å²) in [6.07, 6.45) is 0.896. The molecule has 0 saturated carbocycles. The summed E-state index contributed by atoms with van der Waals surface area (Å²) in [5.74, 6) is 0.